The van der Waals surface area contributed by atoms with Crippen molar-refractivity contribution in [2.24, 2.45) is 11.5 Å². The van der Waals surface area contributed by atoms with Crippen molar-refractivity contribution in [3.8, 4) is 11.3 Å². The first-order chi connectivity index (χ1) is 8.25. The third kappa shape index (κ3) is 3.27. The van der Waals surface area contributed by atoms with Crippen molar-refractivity contribution in [2.45, 2.75) is 6.17 Å². The number of aromatic nitrogens is 1. The highest BCUT2D eigenvalue weighted by molar-refractivity contribution is 5.62. The summed E-state index contributed by atoms with van der Waals surface area (Å²) in [4.78, 5) is 4.29. The summed E-state index contributed by atoms with van der Waals surface area (Å²) in [6.07, 6.45) is 1.44. The van der Waals surface area contributed by atoms with Gasteiger partial charge in [0.25, 0.3) is 0 Å². The van der Waals surface area contributed by atoms with E-state index < -0.39 is 0 Å². The van der Waals surface area contributed by atoms with Crippen molar-refractivity contribution in [3.63, 3.8) is 0 Å². The molecular weight excluding hydrogens is 212 g/mol. The Kier molecular flexibility index (Phi) is 3.69. The van der Waals surface area contributed by atoms with Crippen LogP contribution >= 0.6 is 0 Å². The van der Waals surface area contributed by atoms with E-state index in [-0.39, 0.29) is 6.17 Å². The van der Waals surface area contributed by atoms with Crippen LogP contribution in [0.15, 0.2) is 48.7 Å². The van der Waals surface area contributed by atoms with Crippen LogP contribution in [0, 0.1) is 0 Å². The van der Waals surface area contributed by atoms with Crippen LogP contribution in [-0.4, -0.2) is 17.7 Å². The van der Waals surface area contributed by atoms with E-state index in [0.717, 1.165) is 16.9 Å². The van der Waals surface area contributed by atoms with Gasteiger partial charge in [-0.2, -0.15) is 0 Å². The molecule has 0 saturated carbocycles. The summed E-state index contributed by atoms with van der Waals surface area (Å²) in [5.41, 5.74) is 14.0. The van der Waals surface area contributed by atoms with Crippen LogP contribution in [0.4, 0.5) is 5.69 Å². The molecule has 0 atom stereocenters. The van der Waals surface area contributed by atoms with Gasteiger partial charge in [0.15, 0.2) is 0 Å². The average molecular weight is 228 g/mol. The lowest BCUT2D eigenvalue weighted by atomic mass is 10.1. The third-order valence-electron chi connectivity index (χ3n) is 2.39. The van der Waals surface area contributed by atoms with Crippen LogP contribution in [-0.2, 0) is 0 Å². The minimum Gasteiger partial charge on any atom is -0.382 e. The van der Waals surface area contributed by atoms with E-state index in [0.29, 0.717) is 6.54 Å². The highest BCUT2D eigenvalue weighted by atomic mass is 15.0. The molecule has 0 saturated heterocycles. The summed E-state index contributed by atoms with van der Waals surface area (Å²) >= 11 is 0. The molecule has 0 aliphatic rings. The molecule has 88 valence electrons. The molecule has 0 aliphatic carbocycles. The molecule has 1 heterocycles. The molecule has 0 unspecified atom stereocenters. The zero-order valence-corrected chi connectivity index (χ0v) is 9.51. The Morgan fingerprint density at radius 2 is 1.82 bits per heavy atom. The van der Waals surface area contributed by atoms with E-state index in [4.69, 9.17) is 11.5 Å². The summed E-state index contributed by atoms with van der Waals surface area (Å²) in [7, 11) is 0. The molecule has 0 aliphatic heterocycles. The van der Waals surface area contributed by atoms with Gasteiger partial charge in [-0.3, -0.25) is 4.98 Å². The lowest BCUT2D eigenvalue weighted by Crippen LogP contribution is -2.37. The van der Waals surface area contributed by atoms with Crippen LogP contribution in [0.5, 0.6) is 0 Å². The van der Waals surface area contributed by atoms with Crippen LogP contribution in [0.3, 0.4) is 0 Å². The number of benzene rings is 1. The van der Waals surface area contributed by atoms with E-state index in [1.165, 1.54) is 0 Å². The van der Waals surface area contributed by atoms with Gasteiger partial charge in [0.2, 0.25) is 0 Å². The molecule has 0 radical (unpaired) electrons. The molecule has 4 nitrogen and oxygen atoms in total. The van der Waals surface area contributed by atoms with E-state index in [1.807, 2.05) is 42.5 Å². The fourth-order valence-corrected chi connectivity index (χ4v) is 1.53. The van der Waals surface area contributed by atoms with Gasteiger partial charge in [0.05, 0.1) is 11.9 Å². The number of nitrogens with one attached hydrogen (secondary N) is 1. The number of hydrogen-bond acceptors (Lipinski definition) is 4. The van der Waals surface area contributed by atoms with E-state index >= 15 is 0 Å². The van der Waals surface area contributed by atoms with Crippen molar-refractivity contribution in [3.05, 3.63) is 48.7 Å². The van der Waals surface area contributed by atoms with Gasteiger partial charge in [-0.25, -0.2) is 0 Å². The molecule has 1 aromatic carbocycles. The number of hydrogen-bond donors (Lipinski definition) is 3. The lowest BCUT2D eigenvalue weighted by Gasteiger charge is -2.09. The Morgan fingerprint density at radius 3 is 2.41 bits per heavy atom. The molecule has 5 N–H and O–H groups in total. The summed E-state index contributed by atoms with van der Waals surface area (Å²) < 4.78 is 0. The monoisotopic (exact) mass is 228 g/mol. The van der Waals surface area contributed by atoms with Crippen LogP contribution < -0.4 is 16.8 Å². The predicted molar refractivity (Wildman–Crippen MR) is 70.3 cm³/mol. The van der Waals surface area contributed by atoms with Gasteiger partial charge in [0, 0.05) is 24.0 Å². The molecule has 0 spiro atoms. The van der Waals surface area contributed by atoms with Gasteiger partial charge in [-0.15, -0.1) is 0 Å². The summed E-state index contributed by atoms with van der Waals surface area (Å²) in [5.74, 6) is 0. The Balaban J connectivity index is 2.08. The maximum atomic E-state index is 5.47. The SMILES string of the molecule is NC(N)CNc1ccc(-c2ccccn2)cc1. The molecule has 0 fully saturated rings. The Hall–Kier alpha value is -1.91. The highest BCUT2D eigenvalue weighted by Gasteiger charge is 1.99. The second-order valence-corrected chi connectivity index (χ2v) is 3.84. The summed E-state index contributed by atoms with van der Waals surface area (Å²) in [5, 5.41) is 3.15. The van der Waals surface area contributed by atoms with E-state index in [1.54, 1.807) is 6.20 Å². The Labute approximate surface area is 101 Å². The maximum absolute atomic E-state index is 5.47. The van der Waals surface area contributed by atoms with Gasteiger partial charge < -0.3 is 16.8 Å². The minimum absolute atomic E-state index is 0.342. The number of nitrogens with zero attached hydrogens (tertiary/aromatic N) is 1. The minimum atomic E-state index is -0.342. The predicted octanol–water partition coefficient (Wildman–Crippen LogP) is 1.40. The average Bonchev–Trinajstić information content (AvgIpc) is 2.38. The van der Waals surface area contributed by atoms with Crippen molar-refractivity contribution in [1.29, 1.82) is 0 Å². The van der Waals surface area contributed by atoms with Crippen molar-refractivity contribution >= 4 is 5.69 Å². The first kappa shape index (κ1) is 11.6. The van der Waals surface area contributed by atoms with Crippen LogP contribution in [0.1, 0.15) is 0 Å². The lowest BCUT2D eigenvalue weighted by molar-refractivity contribution is 0.743. The maximum Gasteiger partial charge on any atom is 0.0701 e. The largest absolute Gasteiger partial charge is 0.382 e. The molecular formula is C13H16N4. The van der Waals surface area contributed by atoms with Gasteiger partial charge in [-0.1, -0.05) is 18.2 Å². The zero-order chi connectivity index (χ0) is 12.1. The quantitative estimate of drug-likeness (QED) is 0.691. The summed E-state index contributed by atoms with van der Waals surface area (Å²) in [6, 6.07) is 13.9. The molecule has 4 heteroatoms. The number of anilines is 1. The molecule has 2 aromatic rings. The normalized spacial score (nSPS) is 10.5. The summed E-state index contributed by atoms with van der Waals surface area (Å²) in [6.45, 7) is 0.558. The van der Waals surface area contributed by atoms with Crippen LogP contribution in [0.25, 0.3) is 11.3 Å². The highest BCUT2D eigenvalue weighted by Crippen LogP contribution is 2.18. The second-order valence-electron chi connectivity index (χ2n) is 3.84. The van der Waals surface area contributed by atoms with Gasteiger partial charge in [-0.05, 0) is 24.3 Å². The fraction of sp³-hybridized carbons (Fsp3) is 0.154. The third-order valence-corrected chi connectivity index (χ3v) is 2.39. The second kappa shape index (κ2) is 5.43. The standard InChI is InChI=1S/C13H16N4/c14-13(15)9-17-11-6-4-10(5-7-11)12-3-1-2-8-16-12/h1-8,13,17H,9,14-15H2. The smallest absolute Gasteiger partial charge is 0.0701 e. The van der Waals surface area contributed by atoms with E-state index in [2.05, 4.69) is 10.3 Å². The van der Waals surface area contributed by atoms with Crippen molar-refractivity contribution in [1.82, 2.24) is 4.98 Å². The molecule has 2 rings (SSSR count). The van der Waals surface area contributed by atoms with E-state index in [9.17, 15) is 0 Å². The molecule has 1 aromatic heterocycles. The number of nitrogens with two attached hydrogens (primary N) is 2. The van der Waals surface area contributed by atoms with Crippen molar-refractivity contribution in [2.75, 3.05) is 11.9 Å². The molecule has 17 heavy (non-hydrogen) atoms. The van der Waals surface area contributed by atoms with Gasteiger partial charge >= 0.3 is 0 Å². The first-order valence-electron chi connectivity index (χ1n) is 5.52. The topological polar surface area (TPSA) is 77.0 Å². The van der Waals surface area contributed by atoms with Gasteiger partial charge in [0.1, 0.15) is 0 Å². The number of rotatable bonds is 4. The van der Waals surface area contributed by atoms with Crippen molar-refractivity contribution < 1.29 is 0 Å². The fourth-order valence-electron chi connectivity index (χ4n) is 1.53. The van der Waals surface area contributed by atoms with Crippen LogP contribution in [0.2, 0.25) is 0 Å². The molecule has 0 bridgehead atoms. The number of pyridine rings is 1. The first-order valence-corrected chi connectivity index (χ1v) is 5.52. The zero-order valence-electron chi connectivity index (χ0n) is 9.51. The molecule has 0 amide bonds. The Morgan fingerprint density at radius 1 is 1.06 bits per heavy atom. The Bertz CT molecular complexity index is 451.